The monoisotopic (exact) mass is 255 g/mol. The average Bonchev–Trinajstić information content (AvgIpc) is 2.91. The molecule has 0 N–H and O–H groups in total. The van der Waals surface area contributed by atoms with E-state index in [1.54, 1.807) is 0 Å². The summed E-state index contributed by atoms with van der Waals surface area (Å²) in [4.78, 5) is 13.7. The number of carbonyl (C=O) groups is 1. The van der Waals surface area contributed by atoms with Gasteiger partial charge < -0.3 is 9.47 Å². The van der Waals surface area contributed by atoms with Crippen LogP contribution in [-0.2, 0) is 14.3 Å². The van der Waals surface area contributed by atoms with Gasteiger partial charge in [0.05, 0.1) is 12.7 Å². The molecule has 1 atom stereocenters. The molecule has 2 fully saturated rings. The van der Waals surface area contributed by atoms with Gasteiger partial charge in [0.2, 0.25) is 0 Å². The zero-order valence-corrected chi connectivity index (χ0v) is 12.2. The molecule has 4 nitrogen and oxygen atoms in total. The van der Waals surface area contributed by atoms with Gasteiger partial charge in [0.15, 0.2) is 0 Å². The van der Waals surface area contributed by atoms with Gasteiger partial charge in [-0.15, -0.1) is 0 Å². The molecule has 0 aromatic rings. The molecule has 4 heteroatoms. The summed E-state index contributed by atoms with van der Waals surface area (Å²) in [5.41, 5.74) is 0.0711. The number of rotatable bonds is 3. The van der Waals surface area contributed by atoms with Gasteiger partial charge in [-0.1, -0.05) is 0 Å². The van der Waals surface area contributed by atoms with Crippen molar-refractivity contribution in [3.05, 3.63) is 0 Å². The Balaban J connectivity index is 2.10. The van der Waals surface area contributed by atoms with Crippen LogP contribution >= 0.6 is 0 Å². The summed E-state index contributed by atoms with van der Waals surface area (Å²) in [5.74, 6) is -0.175. The lowest BCUT2D eigenvalue weighted by Gasteiger charge is -2.54. The van der Waals surface area contributed by atoms with E-state index in [0.717, 1.165) is 26.0 Å². The molecule has 2 saturated heterocycles. The van der Waals surface area contributed by atoms with E-state index in [0.29, 0.717) is 6.10 Å². The maximum Gasteiger partial charge on any atom is 0.302 e. The van der Waals surface area contributed by atoms with Gasteiger partial charge in [0, 0.05) is 37.4 Å². The molecule has 18 heavy (non-hydrogen) atoms. The van der Waals surface area contributed by atoms with Crippen molar-refractivity contribution >= 4 is 5.97 Å². The van der Waals surface area contributed by atoms with Crippen molar-refractivity contribution in [1.29, 1.82) is 0 Å². The Morgan fingerprint density at radius 2 is 1.78 bits per heavy atom. The maximum atomic E-state index is 11.1. The summed E-state index contributed by atoms with van der Waals surface area (Å²) in [6.07, 6.45) is 2.21. The second kappa shape index (κ2) is 4.49. The number of piperidine rings is 1. The first kappa shape index (κ1) is 13.8. The first-order valence-electron chi connectivity index (χ1n) is 6.77. The minimum absolute atomic E-state index is 0.0314. The summed E-state index contributed by atoms with van der Waals surface area (Å²) in [5, 5.41) is 0. The first-order chi connectivity index (χ1) is 8.21. The summed E-state index contributed by atoms with van der Waals surface area (Å²) < 4.78 is 10.8. The SMILES string of the molecule is CC(=O)OC1CC(C)(C)N(CC2CO2)C(C)(C)C1. The normalized spacial score (nSPS) is 31.1. The number of nitrogens with zero attached hydrogens (tertiary/aromatic N) is 1. The highest BCUT2D eigenvalue weighted by atomic mass is 16.6. The van der Waals surface area contributed by atoms with E-state index in [4.69, 9.17) is 9.47 Å². The summed E-state index contributed by atoms with van der Waals surface area (Å²) in [6.45, 7) is 12.3. The van der Waals surface area contributed by atoms with Crippen molar-refractivity contribution in [3.63, 3.8) is 0 Å². The largest absolute Gasteiger partial charge is 0.462 e. The molecule has 0 radical (unpaired) electrons. The van der Waals surface area contributed by atoms with Crippen molar-refractivity contribution in [2.75, 3.05) is 13.2 Å². The Labute approximate surface area is 110 Å². The predicted molar refractivity (Wildman–Crippen MR) is 69.4 cm³/mol. The summed E-state index contributed by atoms with van der Waals surface area (Å²) in [6, 6.07) is 0. The quantitative estimate of drug-likeness (QED) is 0.571. The van der Waals surface area contributed by atoms with Crippen molar-refractivity contribution in [3.8, 4) is 0 Å². The Kier molecular flexibility index (Phi) is 3.45. The molecule has 0 aliphatic carbocycles. The molecule has 104 valence electrons. The van der Waals surface area contributed by atoms with Crippen LogP contribution in [0, 0.1) is 0 Å². The third kappa shape index (κ3) is 3.04. The molecule has 0 spiro atoms. The van der Waals surface area contributed by atoms with Gasteiger partial charge in [-0.3, -0.25) is 9.69 Å². The van der Waals surface area contributed by atoms with Crippen LogP contribution in [0.2, 0.25) is 0 Å². The van der Waals surface area contributed by atoms with Crippen molar-refractivity contribution in [2.24, 2.45) is 0 Å². The minimum Gasteiger partial charge on any atom is -0.462 e. The third-order valence-electron chi connectivity index (χ3n) is 4.04. The molecule has 2 rings (SSSR count). The standard InChI is InChI=1S/C14H25NO3/c1-10(16)18-11-6-13(2,3)15(8-12-9-17-12)14(4,5)7-11/h11-12H,6-9H2,1-5H3. The lowest BCUT2D eigenvalue weighted by atomic mass is 9.78. The molecular formula is C14H25NO3. The minimum atomic E-state index is -0.175. The topological polar surface area (TPSA) is 42.1 Å². The van der Waals surface area contributed by atoms with Gasteiger partial charge in [0.1, 0.15) is 6.10 Å². The van der Waals surface area contributed by atoms with Gasteiger partial charge in [0.25, 0.3) is 0 Å². The number of epoxide rings is 1. The van der Waals surface area contributed by atoms with Crippen LogP contribution in [0.1, 0.15) is 47.5 Å². The second-order valence-electron chi connectivity index (χ2n) is 6.83. The van der Waals surface area contributed by atoms with E-state index < -0.39 is 0 Å². The average molecular weight is 255 g/mol. The Bertz CT molecular complexity index is 316. The fourth-order valence-electron chi connectivity index (χ4n) is 3.42. The van der Waals surface area contributed by atoms with Gasteiger partial charge in [-0.05, 0) is 27.7 Å². The fraction of sp³-hybridized carbons (Fsp3) is 0.929. The first-order valence-corrected chi connectivity index (χ1v) is 6.77. The molecule has 0 aromatic carbocycles. The van der Waals surface area contributed by atoms with Crippen LogP contribution in [0.15, 0.2) is 0 Å². The lowest BCUT2D eigenvalue weighted by Crippen LogP contribution is -2.63. The van der Waals surface area contributed by atoms with E-state index >= 15 is 0 Å². The third-order valence-corrected chi connectivity index (χ3v) is 4.04. The van der Waals surface area contributed by atoms with Crippen LogP contribution in [0.5, 0.6) is 0 Å². The molecule has 2 aliphatic heterocycles. The molecule has 1 unspecified atom stereocenters. The van der Waals surface area contributed by atoms with Gasteiger partial charge >= 0.3 is 5.97 Å². The summed E-state index contributed by atoms with van der Waals surface area (Å²) in [7, 11) is 0. The van der Waals surface area contributed by atoms with E-state index in [9.17, 15) is 4.79 Å². The highest BCUT2D eigenvalue weighted by Gasteiger charge is 2.48. The number of likely N-dealkylation sites (tertiary alicyclic amines) is 1. The van der Waals surface area contributed by atoms with Crippen LogP contribution < -0.4 is 0 Å². The number of carbonyl (C=O) groups excluding carboxylic acids is 1. The maximum absolute atomic E-state index is 11.1. The van der Waals surface area contributed by atoms with Gasteiger partial charge in [-0.25, -0.2) is 0 Å². The smallest absolute Gasteiger partial charge is 0.302 e. The molecular weight excluding hydrogens is 230 g/mol. The van der Waals surface area contributed by atoms with Crippen LogP contribution in [-0.4, -0.2) is 47.3 Å². The van der Waals surface area contributed by atoms with Crippen molar-refractivity contribution in [1.82, 2.24) is 4.90 Å². The molecule has 2 heterocycles. The number of hydrogen-bond donors (Lipinski definition) is 0. The Hall–Kier alpha value is -0.610. The Morgan fingerprint density at radius 1 is 1.28 bits per heavy atom. The molecule has 0 bridgehead atoms. The number of ether oxygens (including phenoxy) is 2. The molecule has 0 amide bonds. The number of hydrogen-bond acceptors (Lipinski definition) is 4. The van der Waals surface area contributed by atoms with E-state index in [1.165, 1.54) is 6.92 Å². The van der Waals surface area contributed by atoms with E-state index in [2.05, 4.69) is 32.6 Å². The molecule has 0 aromatic heterocycles. The van der Waals surface area contributed by atoms with Crippen LogP contribution in [0.25, 0.3) is 0 Å². The highest BCUT2D eigenvalue weighted by molar-refractivity contribution is 5.66. The number of esters is 1. The second-order valence-corrected chi connectivity index (χ2v) is 6.83. The zero-order chi connectivity index (χ0) is 13.6. The fourth-order valence-corrected chi connectivity index (χ4v) is 3.42. The van der Waals surface area contributed by atoms with Gasteiger partial charge in [-0.2, -0.15) is 0 Å². The highest BCUT2D eigenvalue weighted by Crippen LogP contribution is 2.40. The predicted octanol–water partition coefficient (Wildman–Crippen LogP) is 1.97. The Morgan fingerprint density at radius 3 is 2.17 bits per heavy atom. The van der Waals surface area contributed by atoms with E-state index in [-0.39, 0.29) is 23.2 Å². The van der Waals surface area contributed by atoms with Crippen molar-refractivity contribution < 1.29 is 14.3 Å². The zero-order valence-electron chi connectivity index (χ0n) is 12.2. The van der Waals surface area contributed by atoms with Crippen LogP contribution in [0.3, 0.4) is 0 Å². The van der Waals surface area contributed by atoms with E-state index in [1.807, 2.05) is 0 Å². The summed E-state index contributed by atoms with van der Waals surface area (Å²) >= 11 is 0. The van der Waals surface area contributed by atoms with Crippen molar-refractivity contribution in [2.45, 2.75) is 70.7 Å². The van der Waals surface area contributed by atoms with Crippen LogP contribution in [0.4, 0.5) is 0 Å². The molecule has 0 saturated carbocycles. The lowest BCUT2D eigenvalue weighted by molar-refractivity contribution is -0.158. The molecule has 2 aliphatic rings.